The second-order valence-corrected chi connectivity index (χ2v) is 6.45. The first-order valence-electron chi connectivity index (χ1n) is 7.90. The van der Waals surface area contributed by atoms with Crippen LogP contribution in [0.4, 0.5) is 0 Å². The predicted octanol–water partition coefficient (Wildman–Crippen LogP) is 3.05. The van der Waals surface area contributed by atoms with Crippen LogP contribution in [0.5, 0.6) is 17.2 Å². The Balaban J connectivity index is 1.71. The predicted molar refractivity (Wildman–Crippen MR) is 87.1 cm³/mol. The lowest BCUT2D eigenvalue weighted by molar-refractivity contribution is -0.0862. The van der Waals surface area contributed by atoms with Crippen LogP contribution in [0, 0.1) is 0 Å². The van der Waals surface area contributed by atoms with E-state index >= 15 is 0 Å². The van der Waals surface area contributed by atoms with Gasteiger partial charge in [-0.3, -0.25) is 4.79 Å². The molecule has 2 atom stereocenters. The van der Waals surface area contributed by atoms with E-state index in [1.165, 1.54) is 19.1 Å². The van der Waals surface area contributed by atoms with Crippen molar-refractivity contribution in [3.8, 4) is 17.2 Å². The van der Waals surface area contributed by atoms with Crippen LogP contribution in [0.3, 0.4) is 0 Å². The van der Waals surface area contributed by atoms with Gasteiger partial charge in [0.1, 0.15) is 29.4 Å². The van der Waals surface area contributed by atoms with Crippen LogP contribution in [-0.2, 0) is 5.60 Å². The van der Waals surface area contributed by atoms with Gasteiger partial charge in [0.05, 0.1) is 5.39 Å². The molecule has 0 saturated carbocycles. The molecule has 25 heavy (non-hydrogen) atoms. The quantitative estimate of drug-likeness (QED) is 0.663. The summed E-state index contributed by atoms with van der Waals surface area (Å²) in [5.74, 6) is 1.13. The fraction of sp³-hybridized carbons (Fsp3) is 0.211. The first kappa shape index (κ1) is 14.4. The van der Waals surface area contributed by atoms with Crippen molar-refractivity contribution in [2.45, 2.75) is 18.6 Å². The summed E-state index contributed by atoms with van der Waals surface area (Å²) in [6.07, 6.45) is -0.659. The number of carbonyl (C=O) groups excluding carboxylic acids is 1. The topological polar surface area (TPSA) is 89.1 Å². The molecule has 3 heterocycles. The molecule has 2 aromatic carbocycles. The molecule has 2 aliphatic heterocycles. The Morgan fingerprint density at radius 2 is 2.08 bits per heavy atom. The van der Waals surface area contributed by atoms with Crippen molar-refractivity contribution >= 4 is 16.8 Å². The number of fused-ring (bicyclic) bond motifs is 7. The van der Waals surface area contributed by atoms with Gasteiger partial charge in [0.15, 0.2) is 23.2 Å². The molecule has 0 amide bonds. The van der Waals surface area contributed by atoms with Crippen molar-refractivity contribution < 1.29 is 28.9 Å². The number of benzene rings is 2. The molecule has 6 heteroatoms. The molecule has 5 rings (SSSR count). The van der Waals surface area contributed by atoms with Crippen molar-refractivity contribution in [3.05, 3.63) is 53.3 Å². The lowest BCUT2D eigenvalue weighted by atomic mass is 9.84. The number of aromatic hydroxyl groups is 1. The minimum atomic E-state index is -1.35. The number of ether oxygens (including phenoxy) is 2. The molecular formula is C19H14O6. The van der Waals surface area contributed by atoms with Crippen molar-refractivity contribution in [1.82, 2.24) is 0 Å². The summed E-state index contributed by atoms with van der Waals surface area (Å²) >= 11 is 0. The summed E-state index contributed by atoms with van der Waals surface area (Å²) in [5.41, 5.74) is 0.435. The van der Waals surface area contributed by atoms with Gasteiger partial charge in [0.25, 0.3) is 0 Å². The summed E-state index contributed by atoms with van der Waals surface area (Å²) in [4.78, 5) is 11.6. The molecule has 0 bridgehead atoms. The molecule has 1 aromatic heterocycles. The number of ketones is 1. The van der Waals surface area contributed by atoms with Crippen LogP contribution in [0.25, 0.3) is 11.0 Å². The highest BCUT2D eigenvalue weighted by Crippen LogP contribution is 2.55. The van der Waals surface area contributed by atoms with E-state index in [-0.39, 0.29) is 23.9 Å². The second kappa shape index (κ2) is 4.55. The molecule has 2 aliphatic rings. The highest BCUT2D eigenvalue weighted by Gasteiger charge is 2.53. The first-order chi connectivity index (χ1) is 12.0. The SMILES string of the molecule is CC(=O)c1cc2c3c(ccc2o1)[C@]1(O)COc2cc(O)ccc2[C@@H]1O3. The van der Waals surface area contributed by atoms with Gasteiger partial charge in [-0.25, -0.2) is 0 Å². The van der Waals surface area contributed by atoms with Crippen LogP contribution in [-0.4, -0.2) is 22.6 Å². The third-order valence-electron chi connectivity index (χ3n) is 4.86. The van der Waals surface area contributed by atoms with Gasteiger partial charge in [-0.05, 0) is 30.3 Å². The van der Waals surface area contributed by atoms with E-state index in [9.17, 15) is 15.0 Å². The molecule has 0 spiro atoms. The van der Waals surface area contributed by atoms with E-state index in [4.69, 9.17) is 13.9 Å². The Kier molecular flexibility index (Phi) is 2.61. The van der Waals surface area contributed by atoms with Crippen molar-refractivity contribution in [1.29, 1.82) is 0 Å². The van der Waals surface area contributed by atoms with Gasteiger partial charge >= 0.3 is 0 Å². The van der Waals surface area contributed by atoms with Crippen molar-refractivity contribution in [3.63, 3.8) is 0 Å². The summed E-state index contributed by atoms with van der Waals surface area (Å²) in [6, 6.07) is 9.80. The normalized spacial score (nSPS) is 23.4. The zero-order valence-corrected chi connectivity index (χ0v) is 13.3. The molecule has 0 aliphatic carbocycles. The summed E-state index contributed by atoms with van der Waals surface area (Å²) < 4.78 is 17.3. The minimum Gasteiger partial charge on any atom is -0.508 e. The second-order valence-electron chi connectivity index (χ2n) is 6.45. The molecular weight excluding hydrogens is 324 g/mol. The Hall–Kier alpha value is -2.99. The molecule has 3 aromatic rings. The van der Waals surface area contributed by atoms with Gasteiger partial charge in [0.2, 0.25) is 0 Å². The van der Waals surface area contributed by atoms with E-state index in [0.29, 0.717) is 33.6 Å². The number of rotatable bonds is 1. The Morgan fingerprint density at radius 3 is 2.88 bits per heavy atom. The van der Waals surface area contributed by atoms with E-state index in [2.05, 4.69) is 0 Å². The Morgan fingerprint density at radius 1 is 1.24 bits per heavy atom. The van der Waals surface area contributed by atoms with Gasteiger partial charge in [-0.1, -0.05) is 0 Å². The molecule has 0 saturated heterocycles. The van der Waals surface area contributed by atoms with E-state index in [1.54, 1.807) is 24.3 Å². The number of carbonyl (C=O) groups is 1. The smallest absolute Gasteiger partial charge is 0.194 e. The number of phenolic OH excluding ortho intramolecular Hbond substituents is 1. The number of hydrogen-bond donors (Lipinski definition) is 2. The monoisotopic (exact) mass is 338 g/mol. The van der Waals surface area contributed by atoms with Gasteiger partial charge in [-0.2, -0.15) is 0 Å². The third-order valence-corrected chi connectivity index (χ3v) is 4.86. The minimum absolute atomic E-state index is 0.00401. The number of aliphatic hydroxyl groups is 1. The Bertz CT molecular complexity index is 1050. The van der Waals surface area contributed by atoms with Crippen LogP contribution in [0.2, 0.25) is 0 Å². The maximum Gasteiger partial charge on any atom is 0.194 e. The van der Waals surface area contributed by atoms with Crippen molar-refractivity contribution in [2.24, 2.45) is 0 Å². The summed E-state index contributed by atoms with van der Waals surface area (Å²) in [5, 5.41) is 21.5. The van der Waals surface area contributed by atoms with Gasteiger partial charge < -0.3 is 24.1 Å². The molecule has 0 fully saturated rings. The zero-order chi connectivity index (χ0) is 17.3. The van der Waals surface area contributed by atoms with Crippen LogP contribution in [0.1, 0.15) is 34.7 Å². The zero-order valence-electron chi connectivity index (χ0n) is 13.3. The van der Waals surface area contributed by atoms with Gasteiger partial charge in [0, 0.05) is 24.1 Å². The highest BCUT2D eigenvalue weighted by atomic mass is 16.5. The average molecular weight is 338 g/mol. The molecule has 0 unspecified atom stereocenters. The molecule has 0 radical (unpaired) electrons. The van der Waals surface area contributed by atoms with E-state index in [1.807, 2.05) is 0 Å². The Labute approximate surface area is 142 Å². The molecule has 2 N–H and O–H groups in total. The van der Waals surface area contributed by atoms with Crippen LogP contribution >= 0.6 is 0 Å². The van der Waals surface area contributed by atoms with Gasteiger partial charge in [-0.15, -0.1) is 0 Å². The number of furan rings is 1. The third kappa shape index (κ3) is 1.80. The standard InChI is InChI=1S/C19H14O6/c1-9(20)15-7-12-14(24-15)5-4-13-17(12)25-18-11-3-2-10(21)6-16(11)23-8-19(13,18)22/h2-7,18,21-22H,8H2,1H3/t18-,19+/m0/s1. The highest BCUT2D eigenvalue weighted by molar-refractivity contribution is 5.98. The number of hydrogen-bond acceptors (Lipinski definition) is 6. The summed E-state index contributed by atoms with van der Waals surface area (Å²) in [6.45, 7) is 1.44. The van der Waals surface area contributed by atoms with E-state index in [0.717, 1.165) is 0 Å². The average Bonchev–Trinajstić information content (AvgIpc) is 3.14. The largest absolute Gasteiger partial charge is 0.508 e. The van der Waals surface area contributed by atoms with Crippen LogP contribution in [0.15, 0.2) is 40.8 Å². The number of Topliss-reactive ketones (excluding diaryl/α,β-unsaturated/α-hetero) is 1. The van der Waals surface area contributed by atoms with Crippen molar-refractivity contribution in [2.75, 3.05) is 6.61 Å². The lowest BCUT2D eigenvalue weighted by Gasteiger charge is -2.34. The number of phenols is 1. The fourth-order valence-electron chi connectivity index (χ4n) is 3.61. The molecule has 126 valence electrons. The fourth-order valence-corrected chi connectivity index (χ4v) is 3.61. The molecule has 6 nitrogen and oxygen atoms in total. The lowest BCUT2D eigenvalue weighted by Crippen LogP contribution is -2.41. The maximum atomic E-state index is 11.6. The maximum absolute atomic E-state index is 11.6. The van der Waals surface area contributed by atoms with E-state index < -0.39 is 11.7 Å². The summed E-state index contributed by atoms with van der Waals surface area (Å²) in [7, 11) is 0. The first-order valence-corrected chi connectivity index (χ1v) is 7.90. The van der Waals surface area contributed by atoms with Crippen LogP contribution < -0.4 is 9.47 Å².